The third-order valence-corrected chi connectivity index (χ3v) is 3.60. The molecule has 2 N–H and O–H groups in total. The van der Waals surface area contributed by atoms with Gasteiger partial charge < -0.3 is 10.6 Å². The Hall–Kier alpha value is -3.28. The van der Waals surface area contributed by atoms with Gasteiger partial charge in [-0.1, -0.05) is 18.2 Å². The van der Waals surface area contributed by atoms with Gasteiger partial charge >= 0.3 is 0 Å². The topological polar surface area (TPSA) is 54.0 Å². The number of carbonyl (C=O) groups is 1. The molecule has 126 valence electrons. The smallest absolute Gasteiger partial charge is 0.274 e. The fourth-order valence-corrected chi connectivity index (χ4v) is 2.28. The van der Waals surface area contributed by atoms with E-state index in [2.05, 4.69) is 15.6 Å². The number of pyridine rings is 1. The molecule has 0 radical (unpaired) electrons. The summed E-state index contributed by atoms with van der Waals surface area (Å²) in [6.07, 6.45) is 1.48. The van der Waals surface area contributed by atoms with Crippen LogP contribution in [0, 0.1) is 18.6 Å². The molecule has 0 aliphatic carbocycles. The van der Waals surface area contributed by atoms with Crippen molar-refractivity contribution >= 4 is 23.0 Å². The zero-order valence-electron chi connectivity index (χ0n) is 13.4. The minimum Gasteiger partial charge on any atom is -0.355 e. The lowest BCUT2D eigenvalue weighted by atomic mass is 10.2. The molecule has 0 saturated carbocycles. The summed E-state index contributed by atoms with van der Waals surface area (Å²) in [4.78, 5) is 16.3. The van der Waals surface area contributed by atoms with E-state index in [0.29, 0.717) is 11.8 Å². The van der Waals surface area contributed by atoms with Gasteiger partial charge in [0, 0.05) is 23.6 Å². The van der Waals surface area contributed by atoms with Gasteiger partial charge in [-0.3, -0.25) is 9.78 Å². The number of hydrogen-bond acceptors (Lipinski definition) is 3. The second-order valence-electron chi connectivity index (χ2n) is 5.45. The van der Waals surface area contributed by atoms with E-state index in [1.165, 1.54) is 6.20 Å². The predicted molar refractivity (Wildman–Crippen MR) is 93.0 cm³/mol. The van der Waals surface area contributed by atoms with Crippen LogP contribution in [0.3, 0.4) is 0 Å². The Labute approximate surface area is 143 Å². The first-order chi connectivity index (χ1) is 12.0. The van der Waals surface area contributed by atoms with E-state index in [1.807, 2.05) is 31.2 Å². The molecule has 0 bridgehead atoms. The summed E-state index contributed by atoms with van der Waals surface area (Å²) in [5, 5.41) is 5.59. The predicted octanol–water partition coefficient (Wildman–Crippen LogP) is 4.66. The molecule has 0 aliphatic rings. The number of anilines is 3. The van der Waals surface area contributed by atoms with Crippen LogP contribution in [-0.2, 0) is 0 Å². The molecule has 6 heteroatoms. The highest BCUT2D eigenvalue weighted by molar-refractivity contribution is 6.03. The summed E-state index contributed by atoms with van der Waals surface area (Å²) < 4.78 is 26.6. The molecule has 25 heavy (non-hydrogen) atoms. The molecule has 3 rings (SSSR count). The van der Waals surface area contributed by atoms with E-state index in [4.69, 9.17) is 0 Å². The van der Waals surface area contributed by atoms with Gasteiger partial charge in [-0.15, -0.1) is 0 Å². The second kappa shape index (κ2) is 7.09. The van der Waals surface area contributed by atoms with Gasteiger partial charge in [0.1, 0.15) is 17.3 Å². The van der Waals surface area contributed by atoms with Crippen molar-refractivity contribution in [2.75, 3.05) is 10.6 Å². The zero-order valence-corrected chi connectivity index (χ0v) is 13.4. The molecule has 2 aromatic carbocycles. The SMILES string of the molecule is Cc1ccccc1Nc1ccnc(C(=O)Nc2ccc(F)cc2F)c1. The summed E-state index contributed by atoms with van der Waals surface area (Å²) in [6.45, 7) is 1.97. The van der Waals surface area contributed by atoms with Gasteiger partial charge in [-0.25, -0.2) is 8.78 Å². The monoisotopic (exact) mass is 339 g/mol. The van der Waals surface area contributed by atoms with E-state index in [1.54, 1.807) is 12.1 Å². The molecule has 0 unspecified atom stereocenters. The molecule has 1 amide bonds. The number of para-hydroxylation sites is 1. The fourth-order valence-electron chi connectivity index (χ4n) is 2.28. The first-order valence-corrected chi connectivity index (χ1v) is 7.58. The van der Waals surface area contributed by atoms with Crippen molar-refractivity contribution in [2.45, 2.75) is 6.92 Å². The standard InChI is InChI=1S/C19H15F2N3O/c1-12-4-2-3-5-16(12)23-14-8-9-22-18(11-14)19(25)24-17-7-6-13(20)10-15(17)21/h2-11H,1H3,(H,22,23)(H,24,25). The van der Waals surface area contributed by atoms with Crippen molar-refractivity contribution in [3.63, 3.8) is 0 Å². The van der Waals surface area contributed by atoms with Crippen molar-refractivity contribution in [3.05, 3.63) is 83.7 Å². The van der Waals surface area contributed by atoms with Crippen molar-refractivity contribution in [1.29, 1.82) is 0 Å². The highest BCUT2D eigenvalue weighted by atomic mass is 19.1. The Morgan fingerprint density at radius 1 is 1.00 bits per heavy atom. The third kappa shape index (κ3) is 3.98. The van der Waals surface area contributed by atoms with Crippen LogP contribution in [0.5, 0.6) is 0 Å². The molecule has 0 saturated heterocycles. The van der Waals surface area contributed by atoms with Crippen LogP contribution >= 0.6 is 0 Å². The first kappa shape index (κ1) is 16.6. The Kier molecular flexibility index (Phi) is 4.70. The van der Waals surface area contributed by atoms with Crippen LogP contribution in [0.15, 0.2) is 60.8 Å². The minimum absolute atomic E-state index is 0.106. The lowest BCUT2D eigenvalue weighted by Gasteiger charge is -2.10. The number of halogens is 2. The molecule has 0 spiro atoms. The van der Waals surface area contributed by atoms with Gasteiger partial charge in [-0.2, -0.15) is 0 Å². The van der Waals surface area contributed by atoms with E-state index in [0.717, 1.165) is 23.4 Å². The van der Waals surface area contributed by atoms with Crippen molar-refractivity contribution in [1.82, 2.24) is 4.98 Å². The van der Waals surface area contributed by atoms with E-state index in [9.17, 15) is 13.6 Å². The Morgan fingerprint density at radius 3 is 2.56 bits per heavy atom. The number of aryl methyl sites for hydroxylation is 1. The normalized spacial score (nSPS) is 10.4. The maximum Gasteiger partial charge on any atom is 0.274 e. The van der Waals surface area contributed by atoms with Crippen LogP contribution < -0.4 is 10.6 Å². The summed E-state index contributed by atoms with van der Waals surface area (Å²) in [5.74, 6) is -2.14. The molecule has 4 nitrogen and oxygen atoms in total. The number of amides is 1. The average molecular weight is 339 g/mol. The Bertz CT molecular complexity index is 928. The number of nitrogens with zero attached hydrogens (tertiary/aromatic N) is 1. The molecular formula is C19H15F2N3O. The van der Waals surface area contributed by atoms with E-state index < -0.39 is 17.5 Å². The Morgan fingerprint density at radius 2 is 1.80 bits per heavy atom. The van der Waals surface area contributed by atoms with Gasteiger partial charge in [-0.05, 0) is 42.8 Å². The van der Waals surface area contributed by atoms with Crippen molar-refractivity contribution < 1.29 is 13.6 Å². The Balaban J connectivity index is 1.79. The number of nitrogens with one attached hydrogen (secondary N) is 2. The lowest BCUT2D eigenvalue weighted by Crippen LogP contribution is -2.15. The first-order valence-electron chi connectivity index (χ1n) is 7.58. The molecule has 1 heterocycles. The van der Waals surface area contributed by atoms with Crippen LogP contribution in [0.25, 0.3) is 0 Å². The summed E-state index contributed by atoms with van der Waals surface area (Å²) in [6, 6.07) is 14.0. The molecule has 3 aromatic rings. The van der Waals surface area contributed by atoms with Gasteiger partial charge in [0.15, 0.2) is 0 Å². The molecule has 0 aliphatic heterocycles. The minimum atomic E-state index is -0.845. The maximum atomic E-state index is 13.7. The van der Waals surface area contributed by atoms with Crippen molar-refractivity contribution in [2.24, 2.45) is 0 Å². The van der Waals surface area contributed by atoms with Gasteiger partial charge in [0.25, 0.3) is 5.91 Å². The highest BCUT2D eigenvalue weighted by Gasteiger charge is 2.12. The molecule has 1 aromatic heterocycles. The fraction of sp³-hybridized carbons (Fsp3) is 0.0526. The highest BCUT2D eigenvalue weighted by Crippen LogP contribution is 2.21. The number of aromatic nitrogens is 1. The van der Waals surface area contributed by atoms with Crippen molar-refractivity contribution in [3.8, 4) is 0 Å². The number of hydrogen-bond donors (Lipinski definition) is 2. The van der Waals surface area contributed by atoms with E-state index >= 15 is 0 Å². The number of benzene rings is 2. The maximum absolute atomic E-state index is 13.7. The largest absolute Gasteiger partial charge is 0.355 e. The van der Waals surface area contributed by atoms with E-state index in [-0.39, 0.29) is 11.4 Å². The van der Waals surface area contributed by atoms with Crippen LogP contribution in [0.2, 0.25) is 0 Å². The number of carbonyl (C=O) groups excluding carboxylic acids is 1. The zero-order chi connectivity index (χ0) is 17.8. The van der Waals surface area contributed by atoms with Crippen LogP contribution in [0.1, 0.15) is 16.1 Å². The quantitative estimate of drug-likeness (QED) is 0.727. The summed E-state index contributed by atoms with van der Waals surface area (Å²) in [5.41, 5.74) is 2.64. The number of rotatable bonds is 4. The molecule has 0 atom stereocenters. The third-order valence-electron chi connectivity index (χ3n) is 3.60. The van der Waals surface area contributed by atoms with Crippen LogP contribution in [-0.4, -0.2) is 10.9 Å². The van der Waals surface area contributed by atoms with Gasteiger partial charge in [0.05, 0.1) is 5.69 Å². The summed E-state index contributed by atoms with van der Waals surface area (Å²) in [7, 11) is 0. The molecule has 0 fully saturated rings. The lowest BCUT2D eigenvalue weighted by molar-refractivity contribution is 0.102. The second-order valence-corrected chi connectivity index (χ2v) is 5.45. The average Bonchev–Trinajstić information content (AvgIpc) is 2.60. The van der Waals surface area contributed by atoms with Gasteiger partial charge in [0.2, 0.25) is 0 Å². The molecular weight excluding hydrogens is 324 g/mol. The summed E-state index contributed by atoms with van der Waals surface area (Å²) >= 11 is 0. The van der Waals surface area contributed by atoms with Crippen LogP contribution in [0.4, 0.5) is 25.8 Å².